The van der Waals surface area contributed by atoms with Crippen molar-refractivity contribution in [3.8, 4) is 0 Å². The number of alkyl halides is 3. The molecule has 1 unspecified atom stereocenters. The maximum Gasteiger partial charge on any atom is 0.417 e. The Hall–Kier alpha value is -1.90. The number of hydrogen-bond acceptors (Lipinski definition) is 4. The van der Waals surface area contributed by atoms with E-state index in [-0.39, 0.29) is 47.6 Å². The summed E-state index contributed by atoms with van der Waals surface area (Å²) in [5, 5.41) is 2.82. The van der Waals surface area contributed by atoms with E-state index in [1.165, 1.54) is 0 Å². The number of carbonyl (C=O) groups is 1. The van der Waals surface area contributed by atoms with Gasteiger partial charge in [0.05, 0.1) is 10.6 Å². The van der Waals surface area contributed by atoms with Gasteiger partial charge in [0.25, 0.3) is 5.91 Å². The van der Waals surface area contributed by atoms with Gasteiger partial charge in [-0.1, -0.05) is 17.7 Å². The molecular formula is C17H18Cl3F3N4O. The standard InChI is InChI=1S/C17H16ClF3N4O.2ClH/c18-14-7-11(17(19,20)21)8-23-15(14)25-5-4-13(9-25)24-16(26)10-2-1-3-12(22)6-10;;/h1-3,6-8,13H,4-5,9,22H2,(H,24,26);2*1H. The third kappa shape index (κ3) is 5.56. The fourth-order valence-electron chi connectivity index (χ4n) is 2.84. The molecule has 0 spiro atoms. The topological polar surface area (TPSA) is 71.2 Å². The average molecular weight is 458 g/mol. The van der Waals surface area contributed by atoms with Crippen LogP contribution < -0.4 is 16.0 Å². The van der Waals surface area contributed by atoms with Crippen molar-refractivity contribution in [2.75, 3.05) is 23.7 Å². The number of hydrogen-bond donors (Lipinski definition) is 2. The molecule has 154 valence electrons. The quantitative estimate of drug-likeness (QED) is 0.678. The van der Waals surface area contributed by atoms with E-state index in [0.717, 1.165) is 12.3 Å². The van der Waals surface area contributed by atoms with Crippen LogP contribution in [0.4, 0.5) is 24.7 Å². The van der Waals surface area contributed by atoms with E-state index < -0.39 is 11.7 Å². The van der Waals surface area contributed by atoms with E-state index in [2.05, 4.69) is 10.3 Å². The summed E-state index contributed by atoms with van der Waals surface area (Å²) in [4.78, 5) is 17.9. The van der Waals surface area contributed by atoms with E-state index >= 15 is 0 Å². The lowest BCUT2D eigenvalue weighted by atomic mass is 10.1. The van der Waals surface area contributed by atoms with Gasteiger partial charge >= 0.3 is 6.18 Å². The molecule has 0 aliphatic carbocycles. The molecular weight excluding hydrogens is 440 g/mol. The number of anilines is 2. The van der Waals surface area contributed by atoms with Crippen LogP contribution in [0.1, 0.15) is 22.3 Å². The number of nitrogens with zero attached hydrogens (tertiary/aromatic N) is 2. The third-order valence-electron chi connectivity index (χ3n) is 4.12. The Morgan fingerprint density at radius 3 is 2.61 bits per heavy atom. The third-order valence-corrected chi connectivity index (χ3v) is 4.40. The molecule has 5 nitrogen and oxygen atoms in total. The summed E-state index contributed by atoms with van der Waals surface area (Å²) in [7, 11) is 0. The highest BCUT2D eigenvalue weighted by Gasteiger charge is 2.33. The van der Waals surface area contributed by atoms with E-state index in [9.17, 15) is 18.0 Å². The summed E-state index contributed by atoms with van der Waals surface area (Å²) >= 11 is 5.98. The molecule has 1 aromatic carbocycles. The number of amides is 1. The van der Waals surface area contributed by atoms with E-state index in [0.29, 0.717) is 30.8 Å². The number of carbonyl (C=O) groups excluding carboxylic acids is 1. The van der Waals surface area contributed by atoms with Crippen LogP contribution in [0.3, 0.4) is 0 Å². The number of halogens is 6. The van der Waals surface area contributed by atoms with Gasteiger partial charge in [0.15, 0.2) is 0 Å². The monoisotopic (exact) mass is 456 g/mol. The van der Waals surface area contributed by atoms with Crippen molar-refractivity contribution in [3.05, 3.63) is 52.7 Å². The molecule has 3 N–H and O–H groups in total. The van der Waals surface area contributed by atoms with Crippen molar-refractivity contribution in [3.63, 3.8) is 0 Å². The molecule has 1 saturated heterocycles. The van der Waals surface area contributed by atoms with Gasteiger partial charge in [0.2, 0.25) is 0 Å². The summed E-state index contributed by atoms with van der Waals surface area (Å²) in [6.07, 6.45) is -3.10. The number of rotatable bonds is 3. The number of aromatic nitrogens is 1. The minimum atomic E-state index is -4.49. The van der Waals surface area contributed by atoms with Gasteiger partial charge in [-0.25, -0.2) is 4.98 Å². The predicted octanol–water partition coefficient (Wildman–Crippen LogP) is 4.19. The van der Waals surface area contributed by atoms with Crippen LogP contribution in [0.15, 0.2) is 36.5 Å². The zero-order valence-corrected chi connectivity index (χ0v) is 16.8. The maximum atomic E-state index is 12.7. The van der Waals surface area contributed by atoms with Gasteiger partial charge in [-0.3, -0.25) is 4.79 Å². The Morgan fingerprint density at radius 1 is 1.29 bits per heavy atom. The molecule has 1 aliphatic rings. The van der Waals surface area contributed by atoms with Crippen LogP contribution in [-0.2, 0) is 6.18 Å². The molecule has 2 aromatic rings. The van der Waals surface area contributed by atoms with Crippen molar-refractivity contribution in [2.45, 2.75) is 18.6 Å². The zero-order valence-electron chi connectivity index (χ0n) is 14.4. The molecule has 2 heterocycles. The minimum absolute atomic E-state index is 0. The van der Waals surface area contributed by atoms with Crippen molar-refractivity contribution in [2.24, 2.45) is 0 Å². The number of benzene rings is 1. The first kappa shape index (κ1) is 24.1. The Kier molecular flexibility index (Phi) is 8.22. The van der Waals surface area contributed by atoms with Crippen molar-refractivity contribution in [1.29, 1.82) is 0 Å². The van der Waals surface area contributed by atoms with Gasteiger partial charge in [-0.2, -0.15) is 13.2 Å². The maximum absolute atomic E-state index is 12.7. The lowest BCUT2D eigenvalue weighted by Crippen LogP contribution is -2.37. The van der Waals surface area contributed by atoms with Crippen LogP contribution in [0.5, 0.6) is 0 Å². The molecule has 11 heteroatoms. The summed E-state index contributed by atoms with van der Waals surface area (Å²) in [5.74, 6) is 0.0241. The van der Waals surface area contributed by atoms with Gasteiger partial charge in [-0.05, 0) is 30.7 Å². The summed E-state index contributed by atoms with van der Waals surface area (Å²) in [6.45, 7) is 0.937. The smallest absolute Gasteiger partial charge is 0.399 e. The highest BCUT2D eigenvalue weighted by atomic mass is 35.5. The zero-order chi connectivity index (χ0) is 18.9. The summed E-state index contributed by atoms with van der Waals surface area (Å²) < 4.78 is 38.1. The van der Waals surface area contributed by atoms with Crippen molar-refractivity contribution in [1.82, 2.24) is 10.3 Å². The van der Waals surface area contributed by atoms with Gasteiger partial charge in [-0.15, -0.1) is 24.8 Å². The second kappa shape index (κ2) is 9.54. The first-order chi connectivity index (χ1) is 12.2. The highest BCUT2D eigenvalue weighted by Crippen LogP contribution is 2.34. The molecule has 1 aliphatic heterocycles. The lowest BCUT2D eigenvalue weighted by molar-refractivity contribution is -0.137. The second-order valence-corrected chi connectivity index (χ2v) is 6.46. The highest BCUT2D eigenvalue weighted by molar-refractivity contribution is 6.33. The van der Waals surface area contributed by atoms with Crippen LogP contribution >= 0.6 is 36.4 Å². The first-order valence-electron chi connectivity index (χ1n) is 7.88. The fourth-order valence-corrected chi connectivity index (χ4v) is 3.12. The average Bonchev–Trinajstić information content (AvgIpc) is 3.02. The Morgan fingerprint density at radius 2 is 2.00 bits per heavy atom. The van der Waals surface area contributed by atoms with Crippen molar-refractivity contribution >= 4 is 53.8 Å². The van der Waals surface area contributed by atoms with Gasteiger partial charge < -0.3 is 16.0 Å². The number of nitrogen functional groups attached to an aromatic ring is 1. The fraction of sp³-hybridized carbons (Fsp3) is 0.294. The lowest BCUT2D eigenvalue weighted by Gasteiger charge is -2.20. The summed E-state index contributed by atoms with van der Waals surface area (Å²) in [6, 6.07) is 7.32. The van der Waals surface area contributed by atoms with Gasteiger partial charge in [0.1, 0.15) is 5.82 Å². The SMILES string of the molecule is Cl.Cl.Nc1cccc(C(=O)NC2CCN(c3ncc(C(F)(F)F)cc3Cl)C2)c1. The van der Waals surface area contributed by atoms with Crippen LogP contribution in [0, 0.1) is 0 Å². The molecule has 3 rings (SSSR count). The van der Waals surface area contributed by atoms with Gasteiger partial charge in [0, 0.05) is 36.6 Å². The van der Waals surface area contributed by atoms with E-state index in [1.54, 1.807) is 29.2 Å². The Labute approximate surface area is 177 Å². The molecule has 1 aromatic heterocycles. The minimum Gasteiger partial charge on any atom is -0.399 e. The molecule has 1 fully saturated rings. The molecule has 0 bridgehead atoms. The number of nitrogens with two attached hydrogens (primary N) is 1. The van der Waals surface area contributed by atoms with Crippen molar-refractivity contribution < 1.29 is 18.0 Å². The summed E-state index contributed by atoms with van der Waals surface area (Å²) in [5.41, 5.74) is 5.72. The van der Waals surface area contributed by atoms with Crippen LogP contribution in [-0.4, -0.2) is 30.0 Å². The normalized spacial score (nSPS) is 16.1. The largest absolute Gasteiger partial charge is 0.417 e. The Balaban J connectivity index is 0.00000196. The van der Waals surface area contributed by atoms with Crippen LogP contribution in [0.2, 0.25) is 5.02 Å². The molecule has 0 saturated carbocycles. The first-order valence-corrected chi connectivity index (χ1v) is 8.26. The predicted molar refractivity (Wildman–Crippen MR) is 108 cm³/mol. The van der Waals surface area contributed by atoms with E-state index in [4.69, 9.17) is 17.3 Å². The van der Waals surface area contributed by atoms with E-state index in [1.807, 2.05) is 0 Å². The Bertz CT molecular complexity index is 836. The molecule has 28 heavy (non-hydrogen) atoms. The molecule has 0 radical (unpaired) electrons. The second-order valence-electron chi connectivity index (χ2n) is 6.06. The molecule has 1 atom stereocenters. The number of nitrogens with one attached hydrogen (secondary N) is 1. The number of pyridine rings is 1. The van der Waals surface area contributed by atoms with Crippen LogP contribution in [0.25, 0.3) is 0 Å². The molecule has 1 amide bonds.